The van der Waals surface area contributed by atoms with Crippen LogP contribution in [-0.2, 0) is 17.8 Å². The summed E-state index contributed by atoms with van der Waals surface area (Å²) in [4.78, 5) is 34.1. The molecule has 1 fully saturated rings. The molecule has 1 atom stereocenters. The van der Waals surface area contributed by atoms with Gasteiger partial charge in [-0.3, -0.25) is 9.78 Å². The van der Waals surface area contributed by atoms with E-state index >= 15 is 0 Å². The largest absolute Gasteiger partial charge is 0.446 e. The second-order valence-electron chi connectivity index (χ2n) is 8.32. The maximum absolute atomic E-state index is 13.6. The molecule has 0 spiro atoms. The van der Waals surface area contributed by atoms with Gasteiger partial charge < -0.3 is 4.90 Å². The van der Waals surface area contributed by atoms with Crippen LogP contribution in [-0.4, -0.2) is 33.4 Å². The van der Waals surface area contributed by atoms with Crippen molar-refractivity contribution >= 4 is 40.3 Å². The quantitative estimate of drug-likeness (QED) is 0.223. The molecule has 1 saturated heterocycles. The minimum atomic E-state index is -4.42. The molecule has 3 amide bonds. The second-order valence-corrected chi connectivity index (χ2v) is 9.46. The van der Waals surface area contributed by atoms with Crippen LogP contribution >= 0.6 is 11.8 Å². The molecular weight excluding hydrogens is 487 g/mol. The molecule has 0 saturated carbocycles. The van der Waals surface area contributed by atoms with E-state index in [-0.39, 0.29) is 28.9 Å². The molecule has 36 heavy (non-hydrogen) atoms. The Labute approximate surface area is 209 Å². The predicted octanol–water partition coefficient (Wildman–Crippen LogP) is 6.43. The van der Waals surface area contributed by atoms with E-state index in [1.807, 2.05) is 60.7 Å². The van der Waals surface area contributed by atoms with Crippen molar-refractivity contribution in [2.24, 2.45) is 0 Å². The Morgan fingerprint density at radius 1 is 0.861 bits per heavy atom. The van der Waals surface area contributed by atoms with Crippen molar-refractivity contribution in [3.8, 4) is 0 Å². The van der Waals surface area contributed by atoms with Gasteiger partial charge in [0.15, 0.2) is 0 Å². The zero-order valence-corrected chi connectivity index (χ0v) is 19.7. The maximum Gasteiger partial charge on any atom is 0.446 e. The van der Waals surface area contributed by atoms with Crippen LogP contribution in [0.3, 0.4) is 0 Å². The van der Waals surface area contributed by atoms with Crippen molar-refractivity contribution in [3.63, 3.8) is 0 Å². The third kappa shape index (κ3) is 4.92. The smallest absolute Gasteiger partial charge is 0.307 e. The van der Waals surface area contributed by atoms with Gasteiger partial charge in [-0.25, -0.2) is 9.69 Å². The normalized spacial score (nSPS) is 16.2. The van der Waals surface area contributed by atoms with Crippen molar-refractivity contribution in [3.05, 3.63) is 102 Å². The number of thioether (sulfide) groups is 1. The van der Waals surface area contributed by atoms with Crippen molar-refractivity contribution in [1.29, 1.82) is 0 Å². The highest BCUT2D eigenvalue weighted by Gasteiger charge is 2.46. The lowest BCUT2D eigenvalue weighted by Gasteiger charge is -2.22. The van der Waals surface area contributed by atoms with E-state index in [0.29, 0.717) is 6.42 Å². The highest BCUT2D eigenvalue weighted by Crippen LogP contribution is 2.38. The number of halogens is 3. The number of fused-ring (bicyclic) bond motifs is 1. The fraction of sp³-hybridized carbons (Fsp3) is 0.148. The molecule has 4 aromatic rings. The number of carbonyl (C=O) groups excluding carboxylic acids is 2. The van der Waals surface area contributed by atoms with Gasteiger partial charge in [-0.2, -0.15) is 13.2 Å². The molecule has 0 unspecified atom stereocenters. The first-order valence-electron chi connectivity index (χ1n) is 11.2. The third-order valence-electron chi connectivity index (χ3n) is 6.00. The van der Waals surface area contributed by atoms with Crippen LogP contribution < -0.4 is 4.90 Å². The Morgan fingerprint density at radius 3 is 2.28 bits per heavy atom. The molecule has 0 radical (unpaired) electrons. The standard InChI is InChI=1S/C27H20F3N3O2S/c28-27(29,30)36-21-12-10-20(11-13-21)33-25(34)24(16-18-6-2-1-3-7-18)32(26(33)35)17-19-14-15-31-23-9-5-4-8-22(19)23/h1-15,24H,16-17H2/t24-/m1/s1. The first-order chi connectivity index (χ1) is 17.3. The Balaban J connectivity index is 1.49. The summed E-state index contributed by atoms with van der Waals surface area (Å²) in [7, 11) is 0. The molecule has 5 nitrogen and oxygen atoms in total. The Kier molecular flexibility index (Phi) is 6.40. The molecule has 1 aliphatic heterocycles. The van der Waals surface area contributed by atoms with E-state index in [9.17, 15) is 22.8 Å². The lowest BCUT2D eigenvalue weighted by molar-refractivity contribution is -0.119. The van der Waals surface area contributed by atoms with E-state index in [4.69, 9.17) is 0 Å². The van der Waals surface area contributed by atoms with Gasteiger partial charge in [0.1, 0.15) is 6.04 Å². The Hall–Kier alpha value is -3.85. The van der Waals surface area contributed by atoms with Gasteiger partial charge >= 0.3 is 11.5 Å². The number of nitrogens with zero attached hydrogens (tertiary/aromatic N) is 3. The average Bonchev–Trinajstić information content (AvgIpc) is 3.08. The molecule has 2 heterocycles. The monoisotopic (exact) mass is 507 g/mol. The summed E-state index contributed by atoms with van der Waals surface area (Å²) in [5.41, 5.74) is -1.67. The van der Waals surface area contributed by atoms with Crippen LogP contribution in [0.4, 0.5) is 23.7 Å². The molecule has 0 N–H and O–H groups in total. The first kappa shape index (κ1) is 23.9. The molecule has 0 bridgehead atoms. The number of rotatable bonds is 6. The Morgan fingerprint density at radius 2 is 1.56 bits per heavy atom. The summed E-state index contributed by atoms with van der Waals surface area (Å²) in [6, 6.07) is 22.8. The highest BCUT2D eigenvalue weighted by molar-refractivity contribution is 8.00. The summed E-state index contributed by atoms with van der Waals surface area (Å²) in [5, 5.41) is 0.880. The fourth-order valence-corrected chi connectivity index (χ4v) is 4.90. The van der Waals surface area contributed by atoms with Crippen molar-refractivity contribution in [2.45, 2.75) is 29.4 Å². The number of amides is 3. The predicted molar refractivity (Wildman–Crippen MR) is 132 cm³/mol. The van der Waals surface area contributed by atoms with Crippen LogP contribution in [0.15, 0.2) is 96.0 Å². The number of imide groups is 1. The SMILES string of the molecule is O=C1[C@@H](Cc2ccccc2)N(Cc2ccnc3ccccc23)C(=O)N1c1ccc(SC(F)(F)F)cc1. The van der Waals surface area contributed by atoms with Gasteiger partial charge in [0.25, 0.3) is 5.91 Å². The van der Waals surface area contributed by atoms with Gasteiger partial charge in [-0.15, -0.1) is 0 Å². The van der Waals surface area contributed by atoms with Crippen LogP contribution in [0.5, 0.6) is 0 Å². The van der Waals surface area contributed by atoms with Gasteiger partial charge in [-0.05, 0) is 59.3 Å². The van der Waals surface area contributed by atoms with Crippen LogP contribution in [0, 0.1) is 0 Å². The molecule has 9 heteroatoms. The summed E-state index contributed by atoms with van der Waals surface area (Å²) in [6.07, 6.45) is 1.98. The summed E-state index contributed by atoms with van der Waals surface area (Å²) in [6.45, 7) is 0.184. The van der Waals surface area contributed by atoms with E-state index < -0.39 is 23.5 Å². The first-order valence-corrected chi connectivity index (χ1v) is 12.0. The molecule has 1 aromatic heterocycles. The second kappa shape index (κ2) is 9.66. The molecule has 0 aliphatic carbocycles. The van der Waals surface area contributed by atoms with Crippen LogP contribution in [0.2, 0.25) is 0 Å². The van der Waals surface area contributed by atoms with Crippen molar-refractivity contribution < 1.29 is 22.8 Å². The Bertz CT molecular complexity index is 1410. The fourth-order valence-electron chi connectivity index (χ4n) is 4.36. The van der Waals surface area contributed by atoms with Gasteiger partial charge in [0.05, 0.1) is 11.2 Å². The molecule has 182 valence electrons. The number of anilines is 1. The van der Waals surface area contributed by atoms with E-state index in [1.54, 1.807) is 6.20 Å². The number of benzene rings is 3. The summed E-state index contributed by atoms with van der Waals surface area (Å²) >= 11 is -0.245. The number of hydrogen-bond donors (Lipinski definition) is 0. The molecule has 5 rings (SSSR count). The molecular formula is C27H20F3N3O2S. The summed E-state index contributed by atoms with van der Waals surface area (Å²) < 4.78 is 38.2. The number of carbonyl (C=O) groups is 2. The average molecular weight is 508 g/mol. The zero-order valence-electron chi connectivity index (χ0n) is 18.9. The topological polar surface area (TPSA) is 53.5 Å². The number of aromatic nitrogens is 1. The minimum absolute atomic E-state index is 0.0220. The third-order valence-corrected chi connectivity index (χ3v) is 6.74. The van der Waals surface area contributed by atoms with Crippen LogP contribution in [0.25, 0.3) is 10.9 Å². The minimum Gasteiger partial charge on any atom is -0.307 e. The van der Waals surface area contributed by atoms with Crippen molar-refractivity contribution in [2.75, 3.05) is 4.90 Å². The van der Waals surface area contributed by atoms with Gasteiger partial charge in [0.2, 0.25) is 0 Å². The number of hydrogen-bond acceptors (Lipinski definition) is 4. The lowest BCUT2D eigenvalue weighted by atomic mass is 10.0. The number of urea groups is 1. The van der Waals surface area contributed by atoms with Gasteiger partial charge in [0, 0.05) is 29.4 Å². The van der Waals surface area contributed by atoms with E-state index in [0.717, 1.165) is 26.9 Å². The van der Waals surface area contributed by atoms with Crippen LogP contribution in [0.1, 0.15) is 11.1 Å². The van der Waals surface area contributed by atoms with Gasteiger partial charge in [-0.1, -0.05) is 48.5 Å². The van der Waals surface area contributed by atoms with Crippen molar-refractivity contribution in [1.82, 2.24) is 9.88 Å². The maximum atomic E-state index is 13.6. The highest BCUT2D eigenvalue weighted by atomic mass is 32.2. The summed E-state index contributed by atoms with van der Waals surface area (Å²) in [5.74, 6) is -0.418. The zero-order chi connectivity index (χ0) is 25.3. The lowest BCUT2D eigenvalue weighted by Crippen LogP contribution is -2.36. The number of pyridine rings is 1. The number of para-hydroxylation sites is 1. The molecule has 3 aromatic carbocycles. The van der Waals surface area contributed by atoms with E-state index in [1.165, 1.54) is 29.2 Å². The molecule has 1 aliphatic rings. The number of alkyl halides is 3. The van der Waals surface area contributed by atoms with E-state index in [2.05, 4.69) is 4.98 Å².